The molecule has 10 aromatic carbocycles. The monoisotopic (exact) mass is 1360 g/mol. The first-order valence-electron chi connectivity index (χ1n) is 30.9. The number of ether oxygens (including phenoxy) is 1. The summed E-state index contributed by atoms with van der Waals surface area (Å²) in [5.74, 6) is 1.96. The molecule has 7 heteroatoms. The SMILES string of the molecule is CC(C)(C)c1cccc(N2[CH-]N(c3[c-]c(Oc4[c-]c5c(cc4)c4cc(-c6cccc([Si](c7ccccc7)(c7ccccc7)c7ccccc7)c6)ccc4n5-c4cc(-c5ccc(C(C)(C)C)cc5C(C)(C)C)ccn4)ccc3)c3cc(C(C)(C)C)ccc32)c1.[Pt]. The molecule has 0 unspecified atom stereocenters. The van der Waals surface area contributed by atoms with E-state index in [2.05, 4.69) is 341 Å². The molecule has 0 atom stereocenters. The van der Waals surface area contributed by atoms with Crippen LogP contribution in [0.3, 0.4) is 0 Å². The van der Waals surface area contributed by atoms with E-state index in [1.165, 1.54) is 48.6 Å². The number of hydrogen-bond donors (Lipinski definition) is 0. The van der Waals surface area contributed by atoms with E-state index < -0.39 is 8.07 Å². The Morgan fingerprint density at radius 3 is 1.65 bits per heavy atom. The van der Waals surface area contributed by atoms with Crippen molar-refractivity contribution in [3.63, 3.8) is 0 Å². The maximum atomic E-state index is 6.94. The van der Waals surface area contributed by atoms with Crippen LogP contribution >= 0.6 is 0 Å². The fourth-order valence-electron chi connectivity index (χ4n) is 12.9. The van der Waals surface area contributed by atoms with Crippen molar-refractivity contribution in [2.45, 2.75) is 105 Å². The van der Waals surface area contributed by atoms with Crippen LogP contribution in [0.15, 0.2) is 243 Å². The van der Waals surface area contributed by atoms with Gasteiger partial charge in [0.15, 0.2) is 8.07 Å². The Hall–Kier alpha value is -8.54. The summed E-state index contributed by atoms with van der Waals surface area (Å²) in [6.45, 7) is 29.6. The summed E-state index contributed by atoms with van der Waals surface area (Å²) in [6, 6.07) is 94.7. The van der Waals surface area contributed by atoms with Gasteiger partial charge in [-0.25, -0.2) is 4.98 Å². The molecule has 2 aromatic heterocycles. The molecule has 0 saturated heterocycles. The third-order valence-electron chi connectivity index (χ3n) is 17.7. The van der Waals surface area contributed by atoms with Gasteiger partial charge < -0.3 is 19.1 Å². The van der Waals surface area contributed by atoms with Crippen molar-refractivity contribution in [2.24, 2.45) is 0 Å². The van der Waals surface area contributed by atoms with E-state index >= 15 is 0 Å². The molecule has 0 amide bonds. The number of benzene rings is 10. The molecule has 0 radical (unpaired) electrons. The molecule has 13 rings (SSSR count). The molecule has 1 aliphatic rings. The maximum absolute atomic E-state index is 6.94. The minimum atomic E-state index is -2.80. The van der Waals surface area contributed by atoms with Gasteiger partial charge in [-0.3, -0.25) is 0 Å². The van der Waals surface area contributed by atoms with E-state index in [1.54, 1.807) is 0 Å². The molecule has 3 heterocycles. The normalized spacial score (nSPS) is 13.0. The Kier molecular flexibility index (Phi) is 16.0. The first-order chi connectivity index (χ1) is 42.1. The fourth-order valence-corrected chi connectivity index (χ4v) is 17.7. The Bertz CT molecular complexity index is 4470. The van der Waals surface area contributed by atoms with E-state index in [0.717, 1.165) is 67.1 Å². The minimum absolute atomic E-state index is 0. The maximum Gasteiger partial charge on any atom is 0.179 e. The number of anilines is 4. The van der Waals surface area contributed by atoms with Crippen LogP contribution < -0.4 is 35.3 Å². The summed E-state index contributed by atoms with van der Waals surface area (Å²) in [6.07, 6.45) is 1.95. The van der Waals surface area contributed by atoms with Crippen molar-refractivity contribution in [1.29, 1.82) is 0 Å². The largest absolute Gasteiger partial charge is 0.509 e. The number of nitrogens with zero attached hydrogens (tertiary/aromatic N) is 4. The molecule has 448 valence electrons. The molecule has 0 aliphatic carbocycles. The van der Waals surface area contributed by atoms with Crippen LogP contribution in [0.25, 0.3) is 49.9 Å². The van der Waals surface area contributed by atoms with E-state index in [4.69, 9.17) is 9.72 Å². The Balaban J connectivity index is 0.00000769. The zero-order valence-corrected chi connectivity index (χ0v) is 56.5. The van der Waals surface area contributed by atoms with Crippen LogP contribution in [0.5, 0.6) is 11.5 Å². The quantitative estimate of drug-likeness (QED) is 0.0734. The second kappa shape index (κ2) is 23.4. The van der Waals surface area contributed by atoms with Crippen LogP contribution in [0.4, 0.5) is 22.7 Å². The average Bonchev–Trinajstić information content (AvgIpc) is 1.84. The van der Waals surface area contributed by atoms with Crippen molar-refractivity contribution < 1.29 is 25.8 Å². The third-order valence-corrected chi connectivity index (χ3v) is 22.5. The van der Waals surface area contributed by atoms with Crippen molar-refractivity contribution >= 4 is 73.4 Å². The summed E-state index contributed by atoms with van der Waals surface area (Å²) in [5.41, 5.74) is 15.7. The number of fused-ring (bicyclic) bond motifs is 4. The zero-order valence-electron chi connectivity index (χ0n) is 53.2. The second-order valence-electron chi connectivity index (χ2n) is 27.9. The van der Waals surface area contributed by atoms with Crippen LogP contribution in [0, 0.1) is 18.8 Å². The average molecular weight is 1360 g/mol. The molecular weight excluding hydrogens is 1280 g/mol. The summed E-state index contributed by atoms with van der Waals surface area (Å²) in [4.78, 5) is 9.74. The van der Waals surface area contributed by atoms with Crippen molar-refractivity contribution in [3.05, 3.63) is 284 Å². The smallest absolute Gasteiger partial charge is 0.179 e. The van der Waals surface area contributed by atoms with Gasteiger partial charge in [-0.2, -0.15) is 12.1 Å². The van der Waals surface area contributed by atoms with Gasteiger partial charge in [0.2, 0.25) is 0 Å². The molecular formula is C82H77N4OPtSi-3. The van der Waals surface area contributed by atoms with E-state index in [0.29, 0.717) is 11.5 Å². The third kappa shape index (κ3) is 11.5. The predicted molar refractivity (Wildman–Crippen MR) is 374 cm³/mol. The molecule has 0 fully saturated rings. The first-order valence-corrected chi connectivity index (χ1v) is 32.9. The van der Waals surface area contributed by atoms with E-state index in [1.807, 2.05) is 18.3 Å². The molecule has 0 saturated carbocycles. The molecule has 0 spiro atoms. The van der Waals surface area contributed by atoms with Crippen molar-refractivity contribution in [2.75, 3.05) is 9.80 Å². The van der Waals surface area contributed by atoms with Gasteiger partial charge in [0.25, 0.3) is 0 Å². The molecule has 89 heavy (non-hydrogen) atoms. The van der Waals surface area contributed by atoms with E-state index in [-0.39, 0.29) is 42.7 Å². The van der Waals surface area contributed by atoms with Gasteiger partial charge in [0, 0.05) is 61.3 Å². The standard InChI is InChI=1S/C82H77N4OSi.Pt/c1-79(2,3)59-26-23-27-62(50-59)84-55-85(77-52-61(81(7,8)9)39-44-75(77)84)63-28-24-29-64(53-63)87-65-40-42-71-72-48-57(56-25-22-36-69(47-56)88(66-30-16-13-17-31-66,67-32-18-14-19-33-67)68-34-20-15-21-35-68)37-43-74(72)86(76(71)54-65)78-49-58(45-46-83-78)70-41-38-60(80(4,5)6)51-73(70)82(10,11)12;/h13-52,55H,1-12H3;/q-3;. The molecule has 12 aromatic rings. The van der Waals surface area contributed by atoms with Gasteiger partial charge in [0.05, 0.1) is 0 Å². The van der Waals surface area contributed by atoms with Gasteiger partial charge in [-0.05, 0) is 135 Å². The van der Waals surface area contributed by atoms with Crippen LogP contribution in [-0.2, 0) is 42.7 Å². The minimum Gasteiger partial charge on any atom is -0.509 e. The topological polar surface area (TPSA) is 33.5 Å². The van der Waals surface area contributed by atoms with Gasteiger partial charge in [-0.1, -0.05) is 252 Å². The zero-order chi connectivity index (χ0) is 61.3. The summed E-state index contributed by atoms with van der Waals surface area (Å²) in [7, 11) is -2.80. The first kappa shape index (κ1) is 60.7. The van der Waals surface area contributed by atoms with Gasteiger partial charge >= 0.3 is 0 Å². The molecule has 5 nitrogen and oxygen atoms in total. The molecule has 1 aliphatic heterocycles. The van der Waals surface area contributed by atoms with Crippen molar-refractivity contribution in [1.82, 2.24) is 9.55 Å². The Morgan fingerprint density at radius 1 is 0.416 bits per heavy atom. The van der Waals surface area contributed by atoms with E-state index in [9.17, 15) is 0 Å². The van der Waals surface area contributed by atoms with Crippen LogP contribution in [0.1, 0.15) is 105 Å². The number of rotatable bonds is 11. The number of pyridine rings is 1. The molecule has 0 N–H and O–H groups in total. The Morgan fingerprint density at radius 2 is 1.00 bits per heavy atom. The van der Waals surface area contributed by atoms with Gasteiger partial charge in [-0.15, -0.1) is 48.1 Å². The van der Waals surface area contributed by atoms with Gasteiger partial charge in [0.1, 0.15) is 5.82 Å². The fraction of sp³-hybridized carbons (Fsp3) is 0.195. The van der Waals surface area contributed by atoms with Crippen molar-refractivity contribution in [3.8, 4) is 39.6 Å². The summed E-state index contributed by atoms with van der Waals surface area (Å²) < 4.78 is 9.21. The number of aromatic nitrogens is 2. The van der Waals surface area contributed by atoms with Crippen LogP contribution in [-0.4, -0.2) is 17.6 Å². The number of hydrogen-bond acceptors (Lipinski definition) is 4. The summed E-state index contributed by atoms with van der Waals surface area (Å²) >= 11 is 0. The Labute approximate surface area is 543 Å². The predicted octanol–water partition coefficient (Wildman–Crippen LogP) is 18.9. The second-order valence-corrected chi connectivity index (χ2v) is 31.7. The molecule has 0 bridgehead atoms. The van der Waals surface area contributed by atoms with Crippen LogP contribution in [0.2, 0.25) is 0 Å². The summed E-state index contributed by atoms with van der Waals surface area (Å²) in [5, 5.41) is 7.49.